The molecule has 0 saturated heterocycles. The van der Waals surface area contributed by atoms with Crippen molar-refractivity contribution in [2.45, 2.75) is 19.4 Å². The van der Waals surface area contributed by atoms with Crippen LogP contribution in [0, 0.1) is 0 Å². The molecule has 112 valence electrons. The normalized spacial score (nSPS) is 12.3. The molecule has 2 N–H and O–H groups in total. The third-order valence-electron chi connectivity index (χ3n) is 4.15. The van der Waals surface area contributed by atoms with Crippen LogP contribution in [0.15, 0.2) is 60.7 Å². The van der Waals surface area contributed by atoms with Crippen molar-refractivity contribution in [3.63, 3.8) is 0 Å². The molecule has 0 aliphatic rings. The lowest BCUT2D eigenvalue weighted by Gasteiger charge is -2.18. The van der Waals surface area contributed by atoms with Crippen molar-refractivity contribution in [1.29, 1.82) is 0 Å². The maximum Gasteiger partial charge on any atom is 0.0794 e. The van der Waals surface area contributed by atoms with Crippen LogP contribution in [0.5, 0.6) is 0 Å². The molecule has 0 fully saturated rings. The molecule has 3 rings (SSSR count). The van der Waals surface area contributed by atoms with Crippen LogP contribution in [-0.4, -0.2) is 12.2 Å². The van der Waals surface area contributed by atoms with Gasteiger partial charge in [0.1, 0.15) is 0 Å². The fourth-order valence-electron chi connectivity index (χ4n) is 2.94. The van der Waals surface area contributed by atoms with E-state index in [2.05, 4.69) is 53.8 Å². The van der Waals surface area contributed by atoms with Crippen molar-refractivity contribution in [3.8, 4) is 11.1 Å². The van der Waals surface area contributed by atoms with Crippen LogP contribution in [0.3, 0.4) is 0 Å². The summed E-state index contributed by atoms with van der Waals surface area (Å²) in [6.07, 6.45) is 0.253. The molecule has 0 radical (unpaired) electrons. The molecule has 22 heavy (non-hydrogen) atoms. The minimum Gasteiger partial charge on any atom is -0.388 e. The first-order valence-electron chi connectivity index (χ1n) is 7.72. The van der Waals surface area contributed by atoms with E-state index < -0.39 is 6.10 Å². The Hall–Kier alpha value is -2.32. The summed E-state index contributed by atoms with van der Waals surface area (Å²) in [4.78, 5) is 0. The highest BCUT2D eigenvalue weighted by atomic mass is 16.3. The van der Waals surface area contributed by atoms with Crippen molar-refractivity contribution in [2.75, 3.05) is 12.4 Å². The molecule has 0 aromatic heterocycles. The first kappa shape index (κ1) is 14.6. The Balaban J connectivity index is 2.23. The molecule has 0 bridgehead atoms. The van der Waals surface area contributed by atoms with Crippen molar-refractivity contribution < 1.29 is 5.11 Å². The van der Waals surface area contributed by atoms with Crippen molar-refractivity contribution in [2.24, 2.45) is 0 Å². The average molecular weight is 291 g/mol. The van der Waals surface area contributed by atoms with Gasteiger partial charge in [-0.05, 0) is 40.5 Å². The lowest BCUT2D eigenvalue weighted by atomic mass is 9.92. The number of anilines is 1. The Morgan fingerprint density at radius 3 is 2.45 bits per heavy atom. The highest BCUT2D eigenvalue weighted by Gasteiger charge is 2.15. The van der Waals surface area contributed by atoms with Crippen LogP contribution < -0.4 is 5.32 Å². The fraction of sp³-hybridized carbons (Fsp3) is 0.200. The Bertz CT molecular complexity index is 795. The van der Waals surface area contributed by atoms with Gasteiger partial charge in [-0.15, -0.1) is 0 Å². The van der Waals surface area contributed by atoms with Gasteiger partial charge < -0.3 is 10.4 Å². The van der Waals surface area contributed by atoms with E-state index in [-0.39, 0.29) is 0 Å². The van der Waals surface area contributed by atoms with E-state index in [1.807, 2.05) is 26.1 Å². The summed E-state index contributed by atoms with van der Waals surface area (Å²) in [5, 5.41) is 16.1. The average Bonchev–Trinajstić information content (AvgIpc) is 2.59. The minimum atomic E-state index is -0.449. The zero-order valence-corrected chi connectivity index (χ0v) is 13.0. The van der Waals surface area contributed by atoms with E-state index in [4.69, 9.17) is 0 Å². The van der Waals surface area contributed by atoms with Crippen LogP contribution in [0.25, 0.3) is 21.9 Å². The third-order valence-corrected chi connectivity index (χ3v) is 4.15. The van der Waals surface area contributed by atoms with Gasteiger partial charge in [0.15, 0.2) is 0 Å². The number of benzene rings is 3. The number of hydrogen-bond donors (Lipinski definition) is 2. The zero-order chi connectivity index (χ0) is 15.5. The molecule has 2 nitrogen and oxygen atoms in total. The molecule has 0 heterocycles. The molecule has 0 aliphatic heterocycles. The van der Waals surface area contributed by atoms with E-state index >= 15 is 0 Å². The molecule has 0 spiro atoms. The van der Waals surface area contributed by atoms with Crippen LogP contribution in [-0.2, 0) is 0 Å². The Morgan fingerprint density at radius 1 is 0.955 bits per heavy atom. The third kappa shape index (κ3) is 2.58. The lowest BCUT2D eigenvalue weighted by Crippen LogP contribution is -2.02. The minimum absolute atomic E-state index is 0.449. The molecule has 0 aliphatic carbocycles. The van der Waals surface area contributed by atoms with Gasteiger partial charge in [0.25, 0.3) is 0 Å². The summed E-state index contributed by atoms with van der Waals surface area (Å²) < 4.78 is 0. The lowest BCUT2D eigenvalue weighted by molar-refractivity contribution is 0.174. The van der Waals surface area contributed by atoms with Crippen molar-refractivity contribution >= 4 is 16.5 Å². The maximum absolute atomic E-state index is 10.4. The van der Waals surface area contributed by atoms with Crippen LogP contribution >= 0.6 is 0 Å². The van der Waals surface area contributed by atoms with Gasteiger partial charge in [-0.25, -0.2) is 0 Å². The number of rotatable bonds is 4. The van der Waals surface area contributed by atoms with E-state index in [1.165, 1.54) is 10.8 Å². The summed E-state index contributed by atoms with van der Waals surface area (Å²) >= 11 is 0. The van der Waals surface area contributed by atoms with Gasteiger partial charge >= 0.3 is 0 Å². The second kappa shape index (κ2) is 6.20. The number of hydrogen-bond acceptors (Lipinski definition) is 2. The topological polar surface area (TPSA) is 32.3 Å². The van der Waals surface area contributed by atoms with E-state index in [0.717, 1.165) is 22.4 Å². The number of fused-ring (bicyclic) bond motifs is 1. The summed E-state index contributed by atoms with van der Waals surface area (Å²) in [6.45, 7) is 2.00. The Kier molecular flexibility index (Phi) is 4.12. The van der Waals surface area contributed by atoms with Gasteiger partial charge in [-0.2, -0.15) is 0 Å². The van der Waals surface area contributed by atoms with E-state index in [0.29, 0.717) is 6.42 Å². The van der Waals surface area contributed by atoms with E-state index in [1.54, 1.807) is 0 Å². The maximum atomic E-state index is 10.4. The molecule has 3 aromatic carbocycles. The molecular formula is C20H21NO. The Labute approximate surface area is 131 Å². The molecule has 2 heteroatoms. The fourth-order valence-corrected chi connectivity index (χ4v) is 2.94. The standard InChI is InChI=1S/C20H21NO/c1-3-19(22)17-9-6-10-18(21-2)20(17)16-12-11-14-7-4-5-8-15(14)13-16/h4-13,19,21-22H,3H2,1-2H3. The highest BCUT2D eigenvalue weighted by Crippen LogP contribution is 2.37. The van der Waals surface area contributed by atoms with Gasteiger partial charge in [0, 0.05) is 18.3 Å². The summed E-state index contributed by atoms with van der Waals surface area (Å²) in [7, 11) is 1.92. The molecule has 1 unspecified atom stereocenters. The summed E-state index contributed by atoms with van der Waals surface area (Å²) in [5.74, 6) is 0. The van der Waals surface area contributed by atoms with Crippen molar-refractivity contribution in [3.05, 3.63) is 66.2 Å². The first-order chi connectivity index (χ1) is 10.7. The first-order valence-corrected chi connectivity index (χ1v) is 7.72. The summed E-state index contributed by atoms with van der Waals surface area (Å²) in [5.41, 5.74) is 4.24. The van der Waals surface area contributed by atoms with Gasteiger partial charge in [-0.1, -0.05) is 55.5 Å². The van der Waals surface area contributed by atoms with E-state index in [9.17, 15) is 5.11 Å². The van der Waals surface area contributed by atoms with Gasteiger partial charge in [0.2, 0.25) is 0 Å². The molecule has 0 saturated carbocycles. The molecule has 0 amide bonds. The second-order valence-corrected chi connectivity index (χ2v) is 5.51. The highest BCUT2D eigenvalue weighted by molar-refractivity contribution is 5.90. The van der Waals surface area contributed by atoms with Crippen LogP contribution in [0.1, 0.15) is 25.0 Å². The predicted octanol–water partition coefficient (Wildman–Crippen LogP) is 4.99. The Morgan fingerprint density at radius 2 is 1.73 bits per heavy atom. The molecule has 3 aromatic rings. The van der Waals surface area contributed by atoms with Gasteiger partial charge in [0.05, 0.1) is 6.10 Å². The number of nitrogens with one attached hydrogen (secondary N) is 1. The smallest absolute Gasteiger partial charge is 0.0794 e. The quantitative estimate of drug-likeness (QED) is 0.709. The summed E-state index contributed by atoms with van der Waals surface area (Å²) in [6, 6.07) is 20.9. The monoisotopic (exact) mass is 291 g/mol. The molecule has 1 atom stereocenters. The van der Waals surface area contributed by atoms with Crippen LogP contribution in [0.2, 0.25) is 0 Å². The predicted molar refractivity (Wildman–Crippen MR) is 94.2 cm³/mol. The van der Waals surface area contributed by atoms with Gasteiger partial charge in [-0.3, -0.25) is 0 Å². The molecular weight excluding hydrogens is 270 g/mol. The SMILES string of the molecule is CCC(O)c1cccc(NC)c1-c1ccc2ccccc2c1. The largest absolute Gasteiger partial charge is 0.388 e. The van der Waals surface area contributed by atoms with Crippen LogP contribution in [0.4, 0.5) is 5.69 Å². The number of aliphatic hydroxyl groups is 1. The number of aliphatic hydroxyl groups excluding tert-OH is 1. The van der Waals surface area contributed by atoms with Crippen molar-refractivity contribution in [1.82, 2.24) is 0 Å². The zero-order valence-electron chi connectivity index (χ0n) is 13.0. The second-order valence-electron chi connectivity index (χ2n) is 5.51.